The van der Waals surface area contributed by atoms with Crippen LogP contribution in [-0.2, 0) is 0 Å². The molecule has 2 aromatic rings. The van der Waals surface area contributed by atoms with Crippen molar-refractivity contribution in [3.05, 3.63) is 23.2 Å². The normalized spacial score (nSPS) is 10.7. The maximum atomic E-state index is 5.99. The molecule has 0 saturated heterocycles. The number of hydrogen-bond donors (Lipinski definition) is 1. The van der Waals surface area contributed by atoms with E-state index in [0.29, 0.717) is 22.2 Å². The molecule has 6 nitrogen and oxygen atoms in total. The van der Waals surface area contributed by atoms with Gasteiger partial charge < -0.3 is 15.2 Å². The number of aromatic nitrogens is 3. The van der Waals surface area contributed by atoms with E-state index in [0.717, 1.165) is 0 Å². The Morgan fingerprint density at radius 1 is 1.20 bits per heavy atom. The molecule has 0 radical (unpaired) electrons. The predicted octanol–water partition coefficient (Wildman–Crippen LogP) is 2.57. The molecular weight excluding hydrogens is 280 g/mol. The van der Waals surface area contributed by atoms with Crippen molar-refractivity contribution in [3.63, 3.8) is 0 Å². The molecule has 1 aromatic heterocycles. The fraction of sp³-hybridized carbons (Fsp3) is 0.308. The van der Waals surface area contributed by atoms with E-state index in [1.807, 2.05) is 13.8 Å². The lowest BCUT2D eigenvalue weighted by Gasteiger charge is -2.10. The lowest BCUT2D eigenvalue weighted by molar-refractivity contribution is 0.222. The Labute approximate surface area is 121 Å². The molecule has 0 fully saturated rings. The first-order valence-electron chi connectivity index (χ1n) is 6.01. The highest BCUT2D eigenvalue weighted by Gasteiger charge is 2.11. The van der Waals surface area contributed by atoms with E-state index in [1.54, 1.807) is 25.3 Å². The van der Waals surface area contributed by atoms with Crippen molar-refractivity contribution in [1.29, 1.82) is 0 Å². The number of methoxy groups -OCH3 is 1. The fourth-order valence-electron chi connectivity index (χ4n) is 1.56. The number of rotatable bonds is 4. The number of halogens is 1. The van der Waals surface area contributed by atoms with Crippen molar-refractivity contribution in [2.45, 2.75) is 20.0 Å². The van der Waals surface area contributed by atoms with Crippen molar-refractivity contribution in [2.75, 3.05) is 12.8 Å². The van der Waals surface area contributed by atoms with Crippen molar-refractivity contribution < 1.29 is 9.47 Å². The summed E-state index contributed by atoms with van der Waals surface area (Å²) in [5.41, 5.74) is 6.39. The smallest absolute Gasteiger partial charge is 0.322 e. The Balaban J connectivity index is 2.44. The first-order chi connectivity index (χ1) is 9.49. The summed E-state index contributed by atoms with van der Waals surface area (Å²) in [6.07, 6.45) is -0.0515. The minimum Gasteiger partial charge on any atom is -0.495 e. The molecule has 2 rings (SSSR count). The van der Waals surface area contributed by atoms with Gasteiger partial charge in [0.2, 0.25) is 5.95 Å². The first kappa shape index (κ1) is 14.3. The van der Waals surface area contributed by atoms with E-state index in [4.69, 9.17) is 26.8 Å². The minimum atomic E-state index is -0.0515. The second-order valence-corrected chi connectivity index (χ2v) is 4.72. The van der Waals surface area contributed by atoms with E-state index in [1.165, 1.54) is 0 Å². The van der Waals surface area contributed by atoms with Gasteiger partial charge in [-0.25, -0.2) is 0 Å². The van der Waals surface area contributed by atoms with Crippen LogP contribution < -0.4 is 15.2 Å². The number of ether oxygens (including phenoxy) is 2. The van der Waals surface area contributed by atoms with Crippen LogP contribution in [0.3, 0.4) is 0 Å². The molecule has 0 amide bonds. The molecule has 2 N–H and O–H groups in total. The molecular formula is C13H15ClN4O2. The summed E-state index contributed by atoms with van der Waals surface area (Å²) in [5.74, 6) is 1.04. The van der Waals surface area contributed by atoms with Gasteiger partial charge in [0.1, 0.15) is 5.75 Å². The lowest BCUT2D eigenvalue weighted by Crippen LogP contribution is -2.11. The van der Waals surface area contributed by atoms with Gasteiger partial charge in [-0.15, -0.1) is 0 Å². The molecule has 0 saturated carbocycles. The van der Waals surface area contributed by atoms with Gasteiger partial charge in [-0.2, -0.15) is 15.0 Å². The third-order valence-electron chi connectivity index (χ3n) is 2.38. The molecule has 0 atom stereocenters. The van der Waals surface area contributed by atoms with Crippen LogP contribution in [0.15, 0.2) is 18.2 Å². The Morgan fingerprint density at radius 3 is 2.60 bits per heavy atom. The molecule has 0 aliphatic heterocycles. The summed E-state index contributed by atoms with van der Waals surface area (Å²) in [6, 6.07) is 5.41. The average Bonchev–Trinajstić information content (AvgIpc) is 2.37. The van der Waals surface area contributed by atoms with Crippen molar-refractivity contribution in [1.82, 2.24) is 15.0 Å². The lowest BCUT2D eigenvalue weighted by atomic mass is 10.2. The summed E-state index contributed by atoms with van der Waals surface area (Å²) < 4.78 is 10.6. The molecule has 0 bridgehead atoms. The molecule has 0 aliphatic rings. The summed E-state index contributed by atoms with van der Waals surface area (Å²) in [6.45, 7) is 3.76. The Bertz CT molecular complexity index is 619. The number of nitrogens with two attached hydrogens (primary N) is 1. The summed E-state index contributed by atoms with van der Waals surface area (Å²) in [4.78, 5) is 12.3. The average molecular weight is 295 g/mol. The Hall–Kier alpha value is -2.08. The van der Waals surface area contributed by atoms with E-state index >= 15 is 0 Å². The minimum absolute atomic E-state index is 0.0515. The highest BCUT2D eigenvalue weighted by molar-refractivity contribution is 6.32. The van der Waals surface area contributed by atoms with Gasteiger partial charge in [-0.05, 0) is 32.0 Å². The van der Waals surface area contributed by atoms with Crippen LogP contribution in [0.4, 0.5) is 5.95 Å². The van der Waals surface area contributed by atoms with Gasteiger partial charge in [-0.3, -0.25) is 0 Å². The standard InChI is InChI=1S/C13H15ClN4O2/c1-7(2)20-13-17-11(16-12(15)18-13)8-4-5-9(14)10(6-8)19-3/h4-7H,1-3H3,(H2,15,16,17,18). The van der Waals surface area contributed by atoms with Crippen LogP contribution in [0.5, 0.6) is 11.8 Å². The molecule has 0 spiro atoms. The molecule has 0 unspecified atom stereocenters. The largest absolute Gasteiger partial charge is 0.495 e. The van der Waals surface area contributed by atoms with Gasteiger partial charge in [0.15, 0.2) is 5.82 Å². The number of benzene rings is 1. The Morgan fingerprint density at radius 2 is 1.95 bits per heavy atom. The van der Waals surface area contributed by atoms with Crippen LogP contribution in [0.25, 0.3) is 11.4 Å². The number of hydrogen-bond acceptors (Lipinski definition) is 6. The van der Waals surface area contributed by atoms with Gasteiger partial charge in [0.25, 0.3) is 0 Å². The fourth-order valence-corrected chi connectivity index (χ4v) is 1.76. The SMILES string of the molecule is COc1cc(-c2nc(N)nc(OC(C)C)n2)ccc1Cl. The van der Waals surface area contributed by atoms with Crippen molar-refractivity contribution >= 4 is 17.5 Å². The molecule has 106 valence electrons. The topological polar surface area (TPSA) is 83.2 Å². The molecule has 1 heterocycles. The van der Waals surface area contributed by atoms with Crippen LogP contribution in [0, 0.1) is 0 Å². The third kappa shape index (κ3) is 3.27. The van der Waals surface area contributed by atoms with E-state index < -0.39 is 0 Å². The Kier molecular flexibility index (Phi) is 4.24. The summed E-state index contributed by atoms with van der Waals surface area (Å²) in [5, 5.41) is 0.511. The number of nitrogen functional groups attached to an aromatic ring is 1. The number of anilines is 1. The van der Waals surface area contributed by atoms with Crippen molar-refractivity contribution in [2.24, 2.45) is 0 Å². The van der Waals surface area contributed by atoms with Crippen molar-refractivity contribution in [3.8, 4) is 23.1 Å². The maximum Gasteiger partial charge on any atom is 0.322 e. The maximum absolute atomic E-state index is 5.99. The monoisotopic (exact) mass is 294 g/mol. The van der Waals surface area contributed by atoms with Gasteiger partial charge in [-0.1, -0.05) is 11.6 Å². The zero-order valence-corrected chi connectivity index (χ0v) is 12.2. The van der Waals surface area contributed by atoms with Crippen LogP contribution in [-0.4, -0.2) is 28.2 Å². The third-order valence-corrected chi connectivity index (χ3v) is 2.69. The molecule has 7 heteroatoms. The van der Waals surface area contributed by atoms with E-state index in [2.05, 4.69) is 15.0 Å². The zero-order valence-electron chi connectivity index (χ0n) is 11.4. The van der Waals surface area contributed by atoms with E-state index in [-0.39, 0.29) is 18.1 Å². The quantitative estimate of drug-likeness (QED) is 0.933. The highest BCUT2D eigenvalue weighted by atomic mass is 35.5. The number of nitrogens with zero attached hydrogens (tertiary/aromatic N) is 3. The second-order valence-electron chi connectivity index (χ2n) is 4.32. The molecule has 0 aliphatic carbocycles. The zero-order chi connectivity index (χ0) is 14.7. The van der Waals surface area contributed by atoms with Gasteiger partial charge in [0.05, 0.1) is 18.2 Å². The van der Waals surface area contributed by atoms with Gasteiger partial charge in [0, 0.05) is 5.56 Å². The van der Waals surface area contributed by atoms with Crippen LogP contribution in [0.1, 0.15) is 13.8 Å². The molecule has 20 heavy (non-hydrogen) atoms. The first-order valence-corrected chi connectivity index (χ1v) is 6.39. The highest BCUT2D eigenvalue weighted by Crippen LogP contribution is 2.29. The van der Waals surface area contributed by atoms with Crippen LogP contribution in [0.2, 0.25) is 5.02 Å². The summed E-state index contributed by atoms with van der Waals surface area (Å²) in [7, 11) is 1.54. The van der Waals surface area contributed by atoms with Crippen LogP contribution >= 0.6 is 11.6 Å². The van der Waals surface area contributed by atoms with E-state index in [9.17, 15) is 0 Å². The molecule has 1 aromatic carbocycles. The second kappa shape index (κ2) is 5.92. The predicted molar refractivity (Wildman–Crippen MR) is 77.0 cm³/mol. The van der Waals surface area contributed by atoms with Gasteiger partial charge >= 0.3 is 6.01 Å². The summed E-state index contributed by atoms with van der Waals surface area (Å²) >= 11 is 5.99.